The van der Waals surface area contributed by atoms with Crippen molar-refractivity contribution in [3.05, 3.63) is 28.2 Å². The van der Waals surface area contributed by atoms with E-state index in [4.69, 9.17) is 27.9 Å². The SMILES string of the molecule is CSCCCCNCC(O)COc1cc(Cl)ccc1Cl. The van der Waals surface area contributed by atoms with Crippen molar-refractivity contribution >= 4 is 35.0 Å². The lowest BCUT2D eigenvalue weighted by Crippen LogP contribution is -2.32. The molecule has 1 atom stereocenters. The van der Waals surface area contributed by atoms with E-state index in [0.717, 1.165) is 13.0 Å². The quantitative estimate of drug-likeness (QED) is 0.641. The molecule has 0 radical (unpaired) electrons. The summed E-state index contributed by atoms with van der Waals surface area (Å²) in [4.78, 5) is 0. The van der Waals surface area contributed by atoms with Crippen LogP contribution in [0.4, 0.5) is 0 Å². The molecule has 0 saturated heterocycles. The second-order valence-electron chi connectivity index (χ2n) is 4.44. The molecule has 0 aromatic heterocycles. The molecule has 114 valence electrons. The molecule has 0 saturated carbocycles. The molecule has 0 heterocycles. The number of nitrogens with one attached hydrogen (secondary N) is 1. The van der Waals surface area contributed by atoms with E-state index in [-0.39, 0.29) is 6.61 Å². The van der Waals surface area contributed by atoms with Gasteiger partial charge in [-0.15, -0.1) is 0 Å². The standard InChI is InChI=1S/C14H21Cl2NO2S/c1-20-7-3-2-6-17-9-12(18)10-19-14-8-11(15)4-5-13(14)16/h4-5,8,12,17-18H,2-3,6-7,9-10H2,1H3. The summed E-state index contributed by atoms with van der Waals surface area (Å²) in [7, 11) is 0. The van der Waals surface area contributed by atoms with Crippen molar-refractivity contribution in [3.63, 3.8) is 0 Å². The minimum absolute atomic E-state index is 0.192. The van der Waals surface area contributed by atoms with Gasteiger partial charge in [0.15, 0.2) is 0 Å². The summed E-state index contributed by atoms with van der Waals surface area (Å²) >= 11 is 13.7. The smallest absolute Gasteiger partial charge is 0.139 e. The van der Waals surface area contributed by atoms with Crippen LogP contribution in [-0.2, 0) is 0 Å². The third-order valence-corrected chi connectivity index (χ3v) is 3.90. The summed E-state index contributed by atoms with van der Waals surface area (Å²) in [6, 6.07) is 5.02. The summed E-state index contributed by atoms with van der Waals surface area (Å²) < 4.78 is 5.47. The van der Waals surface area contributed by atoms with Gasteiger partial charge in [-0.1, -0.05) is 23.2 Å². The number of ether oxygens (including phenoxy) is 1. The third-order valence-electron chi connectivity index (χ3n) is 2.66. The van der Waals surface area contributed by atoms with E-state index >= 15 is 0 Å². The highest BCUT2D eigenvalue weighted by molar-refractivity contribution is 7.98. The average Bonchev–Trinajstić information content (AvgIpc) is 2.43. The van der Waals surface area contributed by atoms with Gasteiger partial charge in [-0.3, -0.25) is 0 Å². The summed E-state index contributed by atoms with van der Waals surface area (Å²) in [6.07, 6.45) is 3.86. The van der Waals surface area contributed by atoms with Crippen LogP contribution in [0.3, 0.4) is 0 Å². The zero-order valence-electron chi connectivity index (χ0n) is 11.6. The van der Waals surface area contributed by atoms with Gasteiger partial charge in [0.1, 0.15) is 18.5 Å². The molecule has 1 rings (SSSR count). The number of thioether (sulfide) groups is 1. The minimum atomic E-state index is -0.564. The van der Waals surface area contributed by atoms with E-state index in [1.54, 1.807) is 18.2 Å². The first kappa shape index (κ1) is 17.9. The number of rotatable bonds is 10. The van der Waals surface area contributed by atoms with Crippen LogP contribution in [0, 0.1) is 0 Å². The van der Waals surface area contributed by atoms with Crippen LogP contribution < -0.4 is 10.1 Å². The molecule has 6 heteroatoms. The Labute approximate surface area is 135 Å². The Bertz CT molecular complexity index is 393. The molecule has 1 unspecified atom stereocenters. The van der Waals surface area contributed by atoms with Crippen molar-refractivity contribution in [2.24, 2.45) is 0 Å². The van der Waals surface area contributed by atoms with Crippen LogP contribution >= 0.6 is 35.0 Å². The number of halogens is 2. The number of hydrogen-bond donors (Lipinski definition) is 2. The molecular weight excluding hydrogens is 317 g/mol. The maximum atomic E-state index is 9.81. The molecule has 0 aliphatic carbocycles. The summed E-state index contributed by atoms with van der Waals surface area (Å²) in [5, 5.41) is 14.1. The van der Waals surface area contributed by atoms with Gasteiger partial charge in [-0.2, -0.15) is 11.8 Å². The number of aliphatic hydroxyl groups is 1. The fourth-order valence-corrected chi connectivity index (χ4v) is 2.42. The Hall–Kier alpha value is -0.130. The Kier molecular flexibility index (Phi) is 9.48. The fraction of sp³-hybridized carbons (Fsp3) is 0.571. The lowest BCUT2D eigenvalue weighted by molar-refractivity contribution is 0.106. The maximum absolute atomic E-state index is 9.81. The van der Waals surface area contributed by atoms with Gasteiger partial charge in [0.05, 0.1) is 5.02 Å². The topological polar surface area (TPSA) is 41.5 Å². The van der Waals surface area contributed by atoms with Crippen molar-refractivity contribution in [2.75, 3.05) is 31.7 Å². The van der Waals surface area contributed by atoms with E-state index in [2.05, 4.69) is 11.6 Å². The molecular formula is C14H21Cl2NO2S. The number of unbranched alkanes of at least 4 members (excludes halogenated alkanes) is 1. The second kappa shape index (κ2) is 10.6. The largest absolute Gasteiger partial charge is 0.489 e. The van der Waals surface area contributed by atoms with E-state index in [9.17, 15) is 5.11 Å². The fourth-order valence-electron chi connectivity index (χ4n) is 1.60. The number of hydrogen-bond acceptors (Lipinski definition) is 4. The van der Waals surface area contributed by atoms with Crippen LogP contribution in [0.2, 0.25) is 10.0 Å². The summed E-state index contributed by atoms with van der Waals surface area (Å²) in [6.45, 7) is 1.62. The van der Waals surface area contributed by atoms with Gasteiger partial charge < -0.3 is 15.2 Å². The normalized spacial score (nSPS) is 12.4. The molecule has 0 bridgehead atoms. The molecule has 0 aliphatic rings. The average molecular weight is 338 g/mol. The van der Waals surface area contributed by atoms with Gasteiger partial charge in [-0.25, -0.2) is 0 Å². The van der Waals surface area contributed by atoms with E-state index < -0.39 is 6.10 Å². The van der Waals surface area contributed by atoms with Crippen LogP contribution in [0.25, 0.3) is 0 Å². The number of aliphatic hydroxyl groups excluding tert-OH is 1. The van der Waals surface area contributed by atoms with Crippen molar-refractivity contribution in [2.45, 2.75) is 18.9 Å². The first-order valence-corrected chi connectivity index (χ1v) is 8.74. The zero-order valence-corrected chi connectivity index (χ0v) is 13.9. The Morgan fingerprint density at radius 3 is 2.90 bits per heavy atom. The van der Waals surface area contributed by atoms with E-state index in [1.807, 2.05) is 11.8 Å². The molecule has 0 fully saturated rings. The van der Waals surface area contributed by atoms with Crippen molar-refractivity contribution in [1.82, 2.24) is 5.32 Å². The molecule has 0 spiro atoms. The molecule has 3 nitrogen and oxygen atoms in total. The van der Waals surface area contributed by atoms with Crippen molar-refractivity contribution < 1.29 is 9.84 Å². The predicted octanol–water partition coefficient (Wildman–Crippen LogP) is 3.47. The Morgan fingerprint density at radius 1 is 1.35 bits per heavy atom. The van der Waals surface area contributed by atoms with E-state index in [1.165, 1.54) is 12.2 Å². The Balaban J connectivity index is 2.16. The van der Waals surface area contributed by atoms with Crippen LogP contribution in [0.1, 0.15) is 12.8 Å². The Morgan fingerprint density at radius 2 is 2.15 bits per heavy atom. The van der Waals surface area contributed by atoms with Crippen molar-refractivity contribution in [3.8, 4) is 5.75 Å². The molecule has 0 aliphatic heterocycles. The van der Waals surface area contributed by atoms with Crippen LogP contribution in [-0.4, -0.2) is 42.9 Å². The lowest BCUT2D eigenvalue weighted by Gasteiger charge is -2.14. The lowest BCUT2D eigenvalue weighted by atomic mass is 10.3. The molecule has 20 heavy (non-hydrogen) atoms. The van der Waals surface area contributed by atoms with Crippen molar-refractivity contribution in [1.29, 1.82) is 0 Å². The number of benzene rings is 1. The molecule has 1 aromatic carbocycles. The second-order valence-corrected chi connectivity index (χ2v) is 6.27. The van der Waals surface area contributed by atoms with Gasteiger partial charge in [0.25, 0.3) is 0 Å². The van der Waals surface area contributed by atoms with Crippen LogP contribution in [0.15, 0.2) is 18.2 Å². The van der Waals surface area contributed by atoms with Gasteiger partial charge in [-0.05, 0) is 43.5 Å². The highest BCUT2D eigenvalue weighted by Gasteiger charge is 2.07. The molecule has 1 aromatic rings. The van der Waals surface area contributed by atoms with E-state index in [0.29, 0.717) is 22.3 Å². The first-order valence-electron chi connectivity index (χ1n) is 6.59. The maximum Gasteiger partial charge on any atom is 0.139 e. The summed E-state index contributed by atoms with van der Waals surface area (Å²) in [5.74, 6) is 1.68. The first-order chi connectivity index (χ1) is 9.63. The highest BCUT2D eigenvalue weighted by atomic mass is 35.5. The van der Waals surface area contributed by atoms with Crippen LogP contribution in [0.5, 0.6) is 5.75 Å². The predicted molar refractivity (Wildman–Crippen MR) is 88.4 cm³/mol. The highest BCUT2D eigenvalue weighted by Crippen LogP contribution is 2.27. The molecule has 0 amide bonds. The van der Waals surface area contributed by atoms with Gasteiger partial charge in [0, 0.05) is 17.6 Å². The minimum Gasteiger partial charge on any atom is -0.489 e. The van der Waals surface area contributed by atoms with Gasteiger partial charge in [0.2, 0.25) is 0 Å². The summed E-state index contributed by atoms with van der Waals surface area (Å²) in [5.41, 5.74) is 0. The monoisotopic (exact) mass is 337 g/mol. The molecule has 2 N–H and O–H groups in total. The third kappa shape index (κ3) is 7.60. The zero-order chi connectivity index (χ0) is 14.8. The van der Waals surface area contributed by atoms with Gasteiger partial charge >= 0.3 is 0 Å².